The molecule has 1 aromatic rings. The van der Waals surface area contributed by atoms with Crippen LogP contribution in [0.15, 0.2) is 18.2 Å². The average molecular weight is 278 g/mol. The Morgan fingerprint density at radius 2 is 2.30 bits per heavy atom. The van der Waals surface area contributed by atoms with Gasteiger partial charge in [0.2, 0.25) is 0 Å². The molecule has 0 aromatic heterocycles. The van der Waals surface area contributed by atoms with Crippen molar-refractivity contribution in [1.82, 2.24) is 5.32 Å². The number of carbonyl (C=O) groups excluding carboxylic acids is 1. The molecule has 2 rings (SSSR count). The zero-order valence-corrected chi connectivity index (χ0v) is 11.5. The van der Waals surface area contributed by atoms with E-state index in [0.29, 0.717) is 12.1 Å². The van der Waals surface area contributed by atoms with Gasteiger partial charge in [-0.3, -0.25) is 14.9 Å². The molecule has 0 fully saturated rings. The van der Waals surface area contributed by atoms with Gasteiger partial charge in [-0.1, -0.05) is 0 Å². The van der Waals surface area contributed by atoms with Crippen molar-refractivity contribution >= 4 is 17.4 Å². The summed E-state index contributed by atoms with van der Waals surface area (Å²) in [6.45, 7) is 4.07. The summed E-state index contributed by atoms with van der Waals surface area (Å²) in [6.07, 6.45) is 0.0974. The van der Waals surface area contributed by atoms with Gasteiger partial charge in [-0.05, 0) is 32.0 Å². The summed E-state index contributed by atoms with van der Waals surface area (Å²) < 4.78 is 5.64. The largest absolute Gasteiger partial charge is 0.487 e. The number of nitrogens with one attached hydrogen (secondary N) is 2. The molecule has 1 aromatic carbocycles. The lowest BCUT2D eigenvalue weighted by atomic mass is 10.0. The fourth-order valence-corrected chi connectivity index (χ4v) is 2.02. The summed E-state index contributed by atoms with van der Waals surface area (Å²) in [5.41, 5.74) is 1.32. The maximum Gasteiger partial charge on any atom is 0.317 e. The molecular formula is C14H18N2O4. The topological polar surface area (TPSA) is 87.7 Å². The molecule has 3 N–H and O–H groups in total. The molecule has 1 aliphatic heterocycles. The summed E-state index contributed by atoms with van der Waals surface area (Å²) in [7, 11) is 0. The number of aliphatic carboxylic acids is 1. The Kier molecular flexibility index (Phi) is 4.24. The Balaban J connectivity index is 2.09. The molecule has 0 radical (unpaired) electrons. The summed E-state index contributed by atoms with van der Waals surface area (Å²) in [6, 6.07) is 4.64. The number of benzene rings is 1. The van der Waals surface area contributed by atoms with Crippen LogP contribution in [0.2, 0.25) is 0 Å². The van der Waals surface area contributed by atoms with Gasteiger partial charge in [0.25, 0.3) is 0 Å². The van der Waals surface area contributed by atoms with Crippen molar-refractivity contribution in [3.63, 3.8) is 0 Å². The monoisotopic (exact) mass is 278 g/mol. The number of Topliss-reactive ketones (excluding diaryl/α,β-unsaturated/α-hetero) is 1. The third kappa shape index (κ3) is 3.27. The van der Waals surface area contributed by atoms with Crippen LogP contribution in [0.5, 0.6) is 5.75 Å². The van der Waals surface area contributed by atoms with E-state index >= 15 is 0 Å². The van der Waals surface area contributed by atoms with E-state index in [9.17, 15) is 9.59 Å². The number of ketones is 1. The molecule has 6 heteroatoms. The van der Waals surface area contributed by atoms with E-state index in [2.05, 4.69) is 10.6 Å². The third-order valence-corrected chi connectivity index (χ3v) is 3.12. The second-order valence-corrected chi connectivity index (χ2v) is 4.88. The molecule has 108 valence electrons. The molecule has 2 unspecified atom stereocenters. The number of fused-ring (bicyclic) bond motifs is 1. The van der Waals surface area contributed by atoms with E-state index in [-0.39, 0.29) is 18.4 Å². The van der Waals surface area contributed by atoms with Gasteiger partial charge in [0.05, 0.1) is 24.8 Å². The number of carboxylic acids is 1. The highest BCUT2D eigenvalue weighted by Crippen LogP contribution is 2.30. The molecule has 0 saturated carbocycles. The maximum absolute atomic E-state index is 12.2. The lowest BCUT2D eigenvalue weighted by molar-refractivity contribution is -0.136. The van der Waals surface area contributed by atoms with Crippen molar-refractivity contribution < 1.29 is 19.4 Å². The standard InChI is InChI=1S/C14H18N2O4/c1-8-6-16-11-5-10(3-4-12(11)20-8)14(19)9(2)15-7-13(17)18/h3-5,8-9,15-16H,6-7H2,1-2H3,(H,17,18). The summed E-state index contributed by atoms with van der Waals surface area (Å²) >= 11 is 0. The highest BCUT2D eigenvalue weighted by Gasteiger charge is 2.20. The molecule has 0 aliphatic carbocycles. The predicted octanol–water partition coefficient (Wildman–Crippen LogP) is 1.12. The van der Waals surface area contributed by atoms with E-state index in [0.717, 1.165) is 11.4 Å². The van der Waals surface area contributed by atoms with Gasteiger partial charge in [-0.15, -0.1) is 0 Å². The van der Waals surface area contributed by atoms with E-state index < -0.39 is 12.0 Å². The summed E-state index contributed by atoms with van der Waals surface area (Å²) in [4.78, 5) is 22.7. The second-order valence-electron chi connectivity index (χ2n) is 4.88. The minimum atomic E-state index is -0.987. The molecule has 6 nitrogen and oxygen atoms in total. The van der Waals surface area contributed by atoms with Gasteiger partial charge in [0, 0.05) is 5.56 Å². The lowest BCUT2D eigenvalue weighted by Gasteiger charge is -2.25. The number of carbonyl (C=O) groups is 2. The summed E-state index contributed by atoms with van der Waals surface area (Å²) in [5, 5.41) is 14.5. The van der Waals surface area contributed by atoms with Crippen LogP contribution < -0.4 is 15.4 Å². The van der Waals surface area contributed by atoms with Crippen molar-refractivity contribution in [1.29, 1.82) is 0 Å². The second kappa shape index (κ2) is 5.92. The van der Waals surface area contributed by atoms with Crippen molar-refractivity contribution in [2.45, 2.75) is 26.0 Å². The Bertz CT molecular complexity index is 530. The highest BCUT2D eigenvalue weighted by molar-refractivity contribution is 6.01. The Morgan fingerprint density at radius 1 is 1.55 bits per heavy atom. The zero-order chi connectivity index (χ0) is 14.7. The predicted molar refractivity (Wildman–Crippen MR) is 74.5 cm³/mol. The number of carboxylic acid groups (broad SMARTS) is 1. The molecule has 0 saturated heterocycles. The van der Waals surface area contributed by atoms with Gasteiger partial charge < -0.3 is 15.2 Å². The molecular weight excluding hydrogens is 260 g/mol. The SMILES string of the molecule is CC1CNc2cc(C(=O)C(C)NCC(=O)O)ccc2O1. The van der Waals surface area contributed by atoms with Crippen molar-refractivity contribution in [2.75, 3.05) is 18.4 Å². The first kappa shape index (κ1) is 14.3. The third-order valence-electron chi connectivity index (χ3n) is 3.12. The Morgan fingerprint density at radius 3 is 3.00 bits per heavy atom. The van der Waals surface area contributed by atoms with Crippen LogP contribution >= 0.6 is 0 Å². The zero-order valence-electron chi connectivity index (χ0n) is 11.5. The van der Waals surface area contributed by atoms with Crippen LogP contribution in [0.3, 0.4) is 0 Å². The number of hydrogen-bond acceptors (Lipinski definition) is 5. The van der Waals surface area contributed by atoms with E-state index in [4.69, 9.17) is 9.84 Å². The van der Waals surface area contributed by atoms with Gasteiger partial charge in [-0.25, -0.2) is 0 Å². The molecule has 1 heterocycles. The first-order valence-electron chi connectivity index (χ1n) is 6.51. The van der Waals surface area contributed by atoms with Crippen LogP contribution in [0.25, 0.3) is 0 Å². The maximum atomic E-state index is 12.2. The Labute approximate surface area is 117 Å². The quantitative estimate of drug-likeness (QED) is 0.700. The average Bonchev–Trinajstić information content (AvgIpc) is 2.43. The van der Waals surface area contributed by atoms with Gasteiger partial charge >= 0.3 is 5.97 Å². The van der Waals surface area contributed by atoms with Crippen LogP contribution in [0.4, 0.5) is 5.69 Å². The molecule has 0 spiro atoms. The molecule has 0 bridgehead atoms. The first-order valence-corrected chi connectivity index (χ1v) is 6.51. The van der Waals surface area contributed by atoms with Crippen LogP contribution in [-0.2, 0) is 4.79 Å². The van der Waals surface area contributed by atoms with Crippen LogP contribution in [0.1, 0.15) is 24.2 Å². The van der Waals surface area contributed by atoms with Crippen molar-refractivity contribution in [2.24, 2.45) is 0 Å². The van der Waals surface area contributed by atoms with E-state index in [1.807, 2.05) is 6.92 Å². The van der Waals surface area contributed by atoms with Gasteiger partial charge in [-0.2, -0.15) is 0 Å². The van der Waals surface area contributed by atoms with Gasteiger partial charge in [0.15, 0.2) is 5.78 Å². The smallest absolute Gasteiger partial charge is 0.317 e. The fraction of sp³-hybridized carbons (Fsp3) is 0.429. The minimum absolute atomic E-state index is 0.0974. The Hall–Kier alpha value is -2.08. The van der Waals surface area contributed by atoms with Gasteiger partial charge in [0.1, 0.15) is 11.9 Å². The first-order chi connectivity index (χ1) is 9.47. The minimum Gasteiger partial charge on any atom is -0.487 e. The number of hydrogen-bond donors (Lipinski definition) is 3. The molecule has 2 atom stereocenters. The van der Waals surface area contributed by atoms with E-state index in [1.165, 1.54) is 0 Å². The van der Waals surface area contributed by atoms with Crippen molar-refractivity contribution in [3.05, 3.63) is 23.8 Å². The molecule has 20 heavy (non-hydrogen) atoms. The number of rotatable bonds is 5. The fourth-order valence-electron chi connectivity index (χ4n) is 2.02. The lowest BCUT2D eigenvalue weighted by Crippen LogP contribution is -2.37. The summed E-state index contributed by atoms with van der Waals surface area (Å²) in [5.74, 6) is -0.403. The van der Waals surface area contributed by atoms with Crippen molar-refractivity contribution in [3.8, 4) is 5.75 Å². The highest BCUT2D eigenvalue weighted by atomic mass is 16.5. The number of ether oxygens (including phenoxy) is 1. The van der Waals surface area contributed by atoms with Crippen LogP contribution in [0, 0.1) is 0 Å². The number of anilines is 1. The van der Waals surface area contributed by atoms with Crippen LogP contribution in [-0.4, -0.2) is 42.1 Å². The molecule has 1 aliphatic rings. The normalized spacial score (nSPS) is 18.4. The van der Waals surface area contributed by atoms with E-state index in [1.54, 1.807) is 25.1 Å². The molecule has 0 amide bonds.